The monoisotopic (exact) mass is 367 g/mol. The molecule has 0 unspecified atom stereocenters. The molecule has 1 aliphatic heterocycles. The van der Waals surface area contributed by atoms with Gasteiger partial charge in [0.25, 0.3) is 5.91 Å². The highest BCUT2D eigenvalue weighted by Gasteiger charge is 2.23. The van der Waals surface area contributed by atoms with Crippen LogP contribution in [0.15, 0.2) is 29.2 Å². The third-order valence-electron chi connectivity index (χ3n) is 4.15. The van der Waals surface area contributed by atoms with Crippen LogP contribution in [-0.4, -0.2) is 40.2 Å². The summed E-state index contributed by atoms with van der Waals surface area (Å²) in [5.41, 5.74) is 2.04. The number of carbonyl (C=O) groups excluding carboxylic acids is 1. The van der Waals surface area contributed by atoms with Gasteiger partial charge in [-0.2, -0.15) is 0 Å². The fourth-order valence-corrected chi connectivity index (χ4v) is 3.43. The van der Waals surface area contributed by atoms with Crippen molar-refractivity contribution in [1.29, 1.82) is 0 Å². The van der Waals surface area contributed by atoms with E-state index in [-0.39, 0.29) is 18.3 Å². The second-order valence-corrected chi connectivity index (χ2v) is 6.45. The predicted molar refractivity (Wildman–Crippen MR) is 99.3 cm³/mol. The van der Waals surface area contributed by atoms with Crippen LogP contribution >= 0.6 is 24.2 Å². The number of amides is 1. The summed E-state index contributed by atoms with van der Waals surface area (Å²) < 4.78 is 1.90. The lowest BCUT2D eigenvalue weighted by Crippen LogP contribution is -2.30. The van der Waals surface area contributed by atoms with Crippen LogP contribution in [0.3, 0.4) is 0 Å². The maximum absolute atomic E-state index is 12.6. The summed E-state index contributed by atoms with van der Waals surface area (Å²) in [5, 5.41) is 14.6. The first kappa shape index (κ1) is 18.8. The molecule has 6 nitrogen and oxygen atoms in total. The van der Waals surface area contributed by atoms with Crippen molar-refractivity contribution in [3.05, 3.63) is 35.7 Å². The van der Waals surface area contributed by atoms with Crippen molar-refractivity contribution in [2.45, 2.75) is 30.7 Å². The second kappa shape index (κ2) is 8.50. The van der Waals surface area contributed by atoms with E-state index in [0.717, 1.165) is 42.2 Å². The highest BCUT2D eigenvalue weighted by Crippen LogP contribution is 2.26. The van der Waals surface area contributed by atoms with Gasteiger partial charge < -0.3 is 10.6 Å². The molecule has 0 bridgehead atoms. The van der Waals surface area contributed by atoms with Gasteiger partial charge in [-0.25, -0.2) is 4.68 Å². The number of carbonyl (C=O) groups is 1. The van der Waals surface area contributed by atoms with Crippen LogP contribution in [0, 0.1) is 6.92 Å². The first-order chi connectivity index (χ1) is 11.2. The Kier molecular flexibility index (Phi) is 6.65. The van der Waals surface area contributed by atoms with Crippen molar-refractivity contribution in [3.63, 3.8) is 0 Å². The SMILES string of the molecule is CSc1ccccc1NC(=O)c1nnn(C2CCNCC2)c1C.Cl. The van der Waals surface area contributed by atoms with Gasteiger partial charge in [-0.3, -0.25) is 4.79 Å². The minimum absolute atomic E-state index is 0. The smallest absolute Gasteiger partial charge is 0.278 e. The normalized spacial score (nSPS) is 14.9. The van der Waals surface area contributed by atoms with Crippen LogP contribution in [0.25, 0.3) is 0 Å². The van der Waals surface area contributed by atoms with Crippen LogP contribution in [0.5, 0.6) is 0 Å². The lowest BCUT2D eigenvalue weighted by Gasteiger charge is -2.23. The molecule has 1 aromatic carbocycles. The van der Waals surface area contributed by atoms with Crippen LogP contribution < -0.4 is 10.6 Å². The Labute approximate surface area is 152 Å². The van der Waals surface area contributed by atoms with E-state index in [9.17, 15) is 4.79 Å². The van der Waals surface area contributed by atoms with E-state index in [4.69, 9.17) is 0 Å². The Hall–Kier alpha value is -1.57. The number of para-hydroxylation sites is 1. The van der Waals surface area contributed by atoms with Crippen molar-refractivity contribution >= 4 is 35.8 Å². The number of nitrogens with one attached hydrogen (secondary N) is 2. The standard InChI is InChI=1S/C16H21N5OS.ClH/c1-11-15(19-20-21(11)12-7-9-17-10-8-12)16(22)18-13-5-3-4-6-14(13)23-2;/h3-6,12,17H,7-10H2,1-2H3,(H,18,22);1H. The highest BCUT2D eigenvalue weighted by atomic mass is 35.5. The van der Waals surface area contributed by atoms with Crippen molar-refractivity contribution < 1.29 is 4.79 Å². The summed E-state index contributed by atoms with van der Waals surface area (Å²) in [6.07, 6.45) is 4.02. The van der Waals surface area contributed by atoms with Gasteiger partial charge >= 0.3 is 0 Å². The molecule has 1 amide bonds. The van der Waals surface area contributed by atoms with Gasteiger partial charge in [0, 0.05) is 4.90 Å². The first-order valence-electron chi connectivity index (χ1n) is 7.77. The number of rotatable bonds is 4. The number of halogens is 1. The molecule has 3 rings (SSSR count). The molecule has 2 aromatic rings. The molecular weight excluding hydrogens is 346 g/mol. The third-order valence-corrected chi connectivity index (χ3v) is 4.95. The number of piperidine rings is 1. The molecule has 1 aromatic heterocycles. The highest BCUT2D eigenvalue weighted by molar-refractivity contribution is 7.98. The van der Waals surface area contributed by atoms with E-state index >= 15 is 0 Å². The molecule has 0 radical (unpaired) electrons. The van der Waals surface area contributed by atoms with Crippen molar-refractivity contribution in [1.82, 2.24) is 20.3 Å². The molecule has 2 heterocycles. The Morgan fingerprint density at radius 2 is 2.04 bits per heavy atom. The van der Waals surface area contributed by atoms with Gasteiger partial charge in [0.15, 0.2) is 5.69 Å². The minimum atomic E-state index is -0.204. The fraction of sp³-hybridized carbons (Fsp3) is 0.438. The predicted octanol–water partition coefficient (Wildman–Crippen LogP) is 2.91. The van der Waals surface area contributed by atoms with E-state index in [0.29, 0.717) is 11.7 Å². The summed E-state index contributed by atoms with van der Waals surface area (Å²) in [7, 11) is 0. The number of nitrogens with zero attached hydrogens (tertiary/aromatic N) is 3. The lowest BCUT2D eigenvalue weighted by molar-refractivity contribution is 0.102. The van der Waals surface area contributed by atoms with Gasteiger partial charge in [0.05, 0.1) is 17.4 Å². The molecule has 1 aliphatic rings. The van der Waals surface area contributed by atoms with Crippen molar-refractivity contribution in [3.8, 4) is 0 Å². The molecule has 2 N–H and O–H groups in total. The number of hydrogen-bond donors (Lipinski definition) is 2. The zero-order valence-electron chi connectivity index (χ0n) is 13.8. The molecule has 0 saturated carbocycles. The van der Waals surface area contributed by atoms with Gasteiger partial charge in [-0.15, -0.1) is 29.3 Å². The fourth-order valence-electron chi connectivity index (χ4n) is 2.88. The zero-order chi connectivity index (χ0) is 16.2. The molecule has 0 aliphatic carbocycles. The van der Waals surface area contributed by atoms with E-state index in [1.54, 1.807) is 11.8 Å². The summed E-state index contributed by atoms with van der Waals surface area (Å²) in [5.74, 6) is -0.204. The van der Waals surface area contributed by atoms with Crippen molar-refractivity contribution in [2.24, 2.45) is 0 Å². The Balaban J connectivity index is 0.00000208. The van der Waals surface area contributed by atoms with E-state index in [1.165, 1.54) is 0 Å². The van der Waals surface area contributed by atoms with Gasteiger partial charge in [-0.05, 0) is 51.2 Å². The quantitative estimate of drug-likeness (QED) is 0.813. The summed E-state index contributed by atoms with van der Waals surface area (Å²) in [6, 6.07) is 8.08. The van der Waals surface area contributed by atoms with E-state index < -0.39 is 0 Å². The zero-order valence-corrected chi connectivity index (χ0v) is 15.4. The largest absolute Gasteiger partial charge is 0.319 e. The van der Waals surface area contributed by atoms with Gasteiger partial charge in [0.1, 0.15) is 0 Å². The first-order valence-corrected chi connectivity index (χ1v) is 9.00. The molecule has 130 valence electrons. The lowest BCUT2D eigenvalue weighted by atomic mass is 10.1. The number of thioether (sulfide) groups is 1. The number of hydrogen-bond acceptors (Lipinski definition) is 5. The third kappa shape index (κ3) is 3.91. The van der Waals surface area contributed by atoms with Crippen LogP contribution in [-0.2, 0) is 0 Å². The molecule has 1 fully saturated rings. The number of anilines is 1. The van der Waals surface area contributed by atoms with Gasteiger partial charge in [-0.1, -0.05) is 17.3 Å². The maximum Gasteiger partial charge on any atom is 0.278 e. The molecular formula is C16H22ClN5OS. The van der Waals surface area contributed by atoms with Crippen LogP contribution in [0.4, 0.5) is 5.69 Å². The second-order valence-electron chi connectivity index (χ2n) is 5.60. The molecule has 8 heteroatoms. The topological polar surface area (TPSA) is 71.8 Å². The van der Waals surface area contributed by atoms with E-state index in [2.05, 4.69) is 20.9 Å². The summed E-state index contributed by atoms with van der Waals surface area (Å²) in [6.45, 7) is 3.87. The average molecular weight is 368 g/mol. The Morgan fingerprint density at radius 1 is 1.33 bits per heavy atom. The molecule has 0 spiro atoms. The van der Waals surface area contributed by atoms with Crippen LogP contribution in [0.1, 0.15) is 35.1 Å². The molecule has 24 heavy (non-hydrogen) atoms. The summed E-state index contributed by atoms with van der Waals surface area (Å²) in [4.78, 5) is 13.6. The van der Waals surface area contributed by atoms with Gasteiger partial charge in [0.2, 0.25) is 0 Å². The molecule has 0 atom stereocenters. The minimum Gasteiger partial charge on any atom is -0.319 e. The van der Waals surface area contributed by atoms with E-state index in [1.807, 2.05) is 42.1 Å². The maximum atomic E-state index is 12.6. The number of benzene rings is 1. The Morgan fingerprint density at radius 3 is 2.75 bits per heavy atom. The Bertz CT molecular complexity index is 700. The summed E-state index contributed by atoms with van der Waals surface area (Å²) >= 11 is 1.60. The van der Waals surface area contributed by atoms with Crippen LogP contribution in [0.2, 0.25) is 0 Å². The van der Waals surface area contributed by atoms with Crippen molar-refractivity contribution in [2.75, 3.05) is 24.7 Å². The average Bonchev–Trinajstić information content (AvgIpc) is 2.98. The molecule has 1 saturated heterocycles. The number of aromatic nitrogens is 3.